The highest BCUT2D eigenvalue weighted by molar-refractivity contribution is 5.97. The molecule has 0 atom stereocenters. The van der Waals surface area contributed by atoms with Crippen LogP contribution >= 0.6 is 0 Å². The molecular weight excluding hydrogens is 408 g/mol. The van der Waals surface area contributed by atoms with Gasteiger partial charge in [-0.3, -0.25) is 0 Å². The molecule has 0 radical (unpaired) electrons. The fraction of sp³-hybridized carbons (Fsp3) is 0.429. The highest BCUT2D eigenvalue weighted by Crippen LogP contribution is 2.29. The zero-order valence-electron chi connectivity index (χ0n) is 20.8. The minimum atomic E-state index is 0.363. The number of methoxy groups -OCH3 is 1. The summed E-state index contributed by atoms with van der Waals surface area (Å²) in [4.78, 5) is 4.48. The number of hydrogen-bond acceptors (Lipinski definition) is 4. The second kappa shape index (κ2) is 11.7. The number of aryl methyl sites for hydroxylation is 1. The van der Waals surface area contributed by atoms with Gasteiger partial charge in [-0.05, 0) is 35.6 Å². The lowest BCUT2D eigenvalue weighted by Crippen LogP contribution is -2.03. The Hall–Kier alpha value is -3.08. The van der Waals surface area contributed by atoms with Crippen molar-refractivity contribution in [3.8, 4) is 5.75 Å². The maximum Gasteiger partial charge on any atom is 0.222 e. The van der Waals surface area contributed by atoms with Crippen molar-refractivity contribution in [3.63, 3.8) is 0 Å². The average molecular weight is 447 g/mol. The summed E-state index contributed by atoms with van der Waals surface area (Å²) in [6.45, 7) is 9.00. The van der Waals surface area contributed by atoms with Crippen molar-refractivity contribution >= 4 is 22.4 Å². The van der Waals surface area contributed by atoms with Crippen LogP contribution in [0.3, 0.4) is 0 Å². The van der Waals surface area contributed by atoms with E-state index in [4.69, 9.17) is 10.5 Å². The number of hydrogen-bond donors (Lipinski definition) is 1. The molecule has 2 aromatic carbocycles. The van der Waals surface area contributed by atoms with E-state index in [1.54, 1.807) is 11.6 Å². The molecule has 0 aliphatic rings. The van der Waals surface area contributed by atoms with Crippen LogP contribution in [0.1, 0.15) is 70.2 Å². The predicted octanol–water partition coefficient (Wildman–Crippen LogP) is 6.85. The zero-order chi connectivity index (χ0) is 23.8. The van der Waals surface area contributed by atoms with E-state index in [9.17, 15) is 0 Å². The lowest BCUT2D eigenvalue weighted by Gasteiger charge is -2.07. The number of benzene rings is 2. The topological polar surface area (TPSA) is 65.4 Å². The Bertz CT molecular complexity index is 1180. The summed E-state index contributed by atoms with van der Waals surface area (Å²) in [6, 6.07) is 16.4. The third kappa shape index (κ3) is 6.04. The highest BCUT2D eigenvalue weighted by Gasteiger charge is 2.13. The number of fused-ring (bicyclic) bond motifs is 3. The fourth-order valence-electron chi connectivity index (χ4n) is 4.13. The molecule has 0 bridgehead atoms. The van der Waals surface area contributed by atoms with Gasteiger partial charge >= 0.3 is 0 Å². The maximum absolute atomic E-state index is 6.14. The molecule has 2 aromatic heterocycles. The summed E-state index contributed by atoms with van der Waals surface area (Å²) < 4.78 is 7.13. The highest BCUT2D eigenvalue weighted by atomic mass is 16.5. The van der Waals surface area contributed by atoms with Crippen LogP contribution in [-0.4, -0.2) is 21.7 Å². The van der Waals surface area contributed by atoms with Crippen LogP contribution in [0.4, 0.5) is 5.95 Å². The van der Waals surface area contributed by atoms with Gasteiger partial charge in [-0.1, -0.05) is 89.8 Å². The number of para-hydroxylation sites is 1. The Morgan fingerprint density at radius 2 is 1.76 bits per heavy atom. The SMILES string of the molecule is CCCCCC(C)C.CCc1ccccc1Cc1cc2c3cccc(OC)c3nc(N)n2n1. The largest absolute Gasteiger partial charge is 0.494 e. The van der Waals surface area contributed by atoms with Crippen molar-refractivity contribution in [2.24, 2.45) is 5.92 Å². The molecule has 33 heavy (non-hydrogen) atoms. The van der Waals surface area contributed by atoms with E-state index in [-0.39, 0.29) is 0 Å². The van der Waals surface area contributed by atoms with Gasteiger partial charge in [-0.15, -0.1) is 0 Å². The Labute approximate surface area is 198 Å². The Kier molecular flexibility index (Phi) is 8.70. The van der Waals surface area contributed by atoms with Crippen molar-refractivity contribution in [2.75, 3.05) is 12.8 Å². The quantitative estimate of drug-likeness (QED) is 0.301. The molecule has 0 fully saturated rings. The minimum absolute atomic E-state index is 0.363. The van der Waals surface area contributed by atoms with E-state index >= 15 is 0 Å². The number of unbranched alkanes of at least 4 members (excludes halogenated alkanes) is 2. The maximum atomic E-state index is 6.14. The predicted molar refractivity (Wildman–Crippen MR) is 139 cm³/mol. The summed E-state index contributed by atoms with van der Waals surface area (Å²) in [6.07, 6.45) is 7.39. The Balaban J connectivity index is 0.000000331. The molecule has 4 aromatic rings. The third-order valence-corrected chi connectivity index (χ3v) is 5.95. The lowest BCUT2D eigenvalue weighted by molar-refractivity contribution is 0.419. The van der Waals surface area contributed by atoms with Gasteiger partial charge in [-0.25, -0.2) is 4.98 Å². The van der Waals surface area contributed by atoms with Crippen LogP contribution in [0.25, 0.3) is 16.4 Å². The van der Waals surface area contributed by atoms with E-state index in [0.717, 1.165) is 40.9 Å². The van der Waals surface area contributed by atoms with E-state index < -0.39 is 0 Å². The van der Waals surface area contributed by atoms with Crippen molar-refractivity contribution in [3.05, 3.63) is 65.4 Å². The molecule has 0 aliphatic carbocycles. The van der Waals surface area contributed by atoms with Crippen molar-refractivity contribution in [2.45, 2.75) is 66.2 Å². The van der Waals surface area contributed by atoms with Gasteiger partial charge in [-0.2, -0.15) is 9.61 Å². The second-order valence-electron chi connectivity index (χ2n) is 8.95. The van der Waals surface area contributed by atoms with E-state index in [2.05, 4.69) is 68.1 Å². The summed E-state index contributed by atoms with van der Waals surface area (Å²) in [7, 11) is 1.64. The molecule has 5 heteroatoms. The second-order valence-corrected chi connectivity index (χ2v) is 8.95. The van der Waals surface area contributed by atoms with Crippen LogP contribution in [-0.2, 0) is 12.8 Å². The van der Waals surface area contributed by atoms with Crippen molar-refractivity contribution in [1.29, 1.82) is 0 Å². The summed E-state index contributed by atoms with van der Waals surface area (Å²) in [5.41, 5.74) is 11.5. The monoisotopic (exact) mass is 446 g/mol. The zero-order valence-corrected chi connectivity index (χ0v) is 20.8. The number of anilines is 1. The molecule has 0 aliphatic heterocycles. The smallest absolute Gasteiger partial charge is 0.222 e. The van der Waals surface area contributed by atoms with Gasteiger partial charge in [0.15, 0.2) is 0 Å². The Morgan fingerprint density at radius 3 is 2.42 bits per heavy atom. The molecule has 176 valence electrons. The number of nitrogens with two attached hydrogens (primary N) is 1. The molecule has 2 N–H and O–H groups in total. The van der Waals surface area contributed by atoms with Crippen LogP contribution in [0.15, 0.2) is 48.5 Å². The van der Waals surface area contributed by atoms with Crippen LogP contribution in [0.5, 0.6) is 5.75 Å². The summed E-state index contributed by atoms with van der Waals surface area (Å²) in [5, 5.41) is 5.66. The van der Waals surface area contributed by atoms with Crippen molar-refractivity contribution in [1.82, 2.24) is 14.6 Å². The van der Waals surface area contributed by atoms with E-state index in [0.29, 0.717) is 11.7 Å². The standard InChI is InChI=1S/C20H20N4O.C8H18/c1-3-13-7-4-5-8-14(13)11-15-12-17-16-9-6-10-18(25-2)19(16)22-20(21)24(17)23-15;1-4-5-6-7-8(2)3/h4-10,12H,3,11H2,1-2H3,(H2,21,22);8H,4-7H2,1-3H3. The van der Waals surface area contributed by atoms with Gasteiger partial charge in [0.05, 0.1) is 18.3 Å². The molecule has 5 nitrogen and oxygen atoms in total. The van der Waals surface area contributed by atoms with Crippen LogP contribution in [0.2, 0.25) is 0 Å². The number of aromatic nitrogens is 3. The first-order valence-electron chi connectivity index (χ1n) is 12.2. The van der Waals surface area contributed by atoms with Gasteiger partial charge < -0.3 is 10.5 Å². The van der Waals surface area contributed by atoms with Crippen LogP contribution < -0.4 is 10.5 Å². The molecule has 0 unspecified atom stereocenters. The molecule has 0 spiro atoms. The molecule has 0 amide bonds. The Morgan fingerprint density at radius 1 is 1.00 bits per heavy atom. The molecule has 0 saturated heterocycles. The average Bonchev–Trinajstić information content (AvgIpc) is 3.24. The van der Waals surface area contributed by atoms with E-state index in [1.165, 1.54) is 36.8 Å². The first-order chi connectivity index (χ1) is 16.0. The molecular formula is C28H38N4O. The lowest BCUT2D eigenvalue weighted by atomic mass is 10.0. The third-order valence-electron chi connectivity index (χ3n) is 5.95. The molecule has 4 rings (SSSR count). The number of ether oxygens (including phenoxy) is 1. The van der Waals surface area contributed by atoms with Crippen molar-refractivity contribution < 1.29 is 4.74 Å². The summed E-state index contributed by atoms with van der Waals surface area (Å²) >= 11 is 0. The normalized spacial score (nSPS) is 11.1. The van der Waals surface area contributed by atoms with Gasteiger partial charge in [0.1, 0.15) is 11.3 Å². The number of nitrogen functional groups attached to an aromatic ring is 1. The molecule has 0 saturated carbocycles. The summed E-state index contributed by atoms with van der Waals surface area (Å²) in [5.74, 6) is 1.98. The first kappa shape index (κ1) is 24.6. The molecule has 2 heterocycles. The van der Waals surface area contributed by atoms with E-state index in [1.807, 2.05) is 18.2 Å². The van der Waals surface area contributed by atoms with Gasteiger partial charge in [0.2, 0.25) is 5.95 Å². The minimum Gasteiger partial charge on any atom is -0.494 e. The first-order valence-corrected chi connectivity index (χ1v) is 12.2. The van der Waals surface area contributed by atoms with Crippen LogP contribution in [0, 0.1) is 5.92 Å². The van der Waals surface area contributed by atoms with Gasteiger partial charge in [0.25, 0.3) is 0 Å². The number of rotatable bonds is 8. The fourth-order valence-corrected chi connectivity index (χ4v) is 4.13. The number of nitrogens with zero attached hydrogens (tertiary/aromatic N) is 3. The van der Waals surface area contributed by atoms with Gasteiger partial charge in [0, 0.05) is 11.8 Å².